The van der Waals surface area contributed by atoms with Gasteiger partial charge in [0.15, 0.2) is 0 Å². The highest BCUT2D eigenvalue weighted by molar-refractivity contribution is 5.83. The number of hydrogen-bond acceptors (Lipinski definition) is 3. The molecule has 0 aromatic carbocycles. The SMILES string of the molecule is NCC1(C(=O)NCC2(CCO)CC2)CCCCCC1. The van der Waals surface area contributed by atoms with E-state index in [4.69, 9.17) is 10.8 Å². The summed E-state index contributed by atoms with van der Waals surface area (Å²) in [5, 5.41) is 12.2. The Labute approximate surface area is 116 Å². The first-order valence-electron chi connectivity index (χ1n) is 7.76. The van der Waals surface area contributed by atoms with Crippen molar-refractivity contribution in [1.29, 1.82) is 0 Å². The van der Waals surface area contributed by atoms with Crippen LogP contribution in [0.3, 0.4) is 0 Å². The van der Waals surface area contributed by atoms with Crippen molar-refractivity contribution in [2.75, 3.05) is 19.7 Å². The Kier molecular flexibility index (Phi) is 4.85. The fraction of sp³-hybridized carbons (Fsp3) is 0.933. The molecule has 0 aromatic heterocycles. The molecule has 0 bridgehead atoms. The van der Waals surface area contributed by atoms with Gasteiger partial charge in [-0.3, -0.25) is 4.79 Å². The monoisotopic (exact) mass is 268 g/mol. The van der Waals surface area contributed by atoms with Crippen molar-refractivity contribution in [3.63, 3.8) is 0 Å². The van der Waals surface area contributed by atoms with Gasteiger partial charge >= 0.3 is 0 Å². The van der Waals surface area contributed by atoms with E-state index in [2.05, 4.69) is 5.32 Å². The minimum absolute atomic E-state index is 0.154. The van der Waals surface area contributed by atoms with Crippen LogP contribution in [0.5, 0.6) is 0 Å². The van der Waals surface area contributed by atoms with E-state index in [0.717, 1.165) is 44.9 Å². The van der Waals surface area contributed by atoms with E-state index in [1.165, 1.54) is 12.8 Å². The van der Waals surface area contributed by atoms with Gasteiger partial charge in [-0.25, -0.2) is 0 Å². The second kappa shape index (κ2) is 6.23. The summed E-state index contributed by atoms with van der Waals surface area (Å²) >= 11 is 0. The highest BCUT2D eigenvalue weighted by atomic mass is 16.3. The fourth-order valence-electron chi connectivity index (χ4n) is 3.31. The van der Waals surface area contributed by atoms with Crippen LogP contribution in [0, 0.1) is 10.8 Å². The molecular formula is C15H28N2O2. The maximum Gasteiger partial charge on any atom is 0.227 e. The third kappa shape index (κ3) is 3.48. The maximum absolute atomic E-state index is 12.5. The zero-order valence-electron chi connectivity index (χ0n) is 11.9. The lowest BCUT2D eigenvalue weighted by atomic mass is 9.79. The van der Waals surface area contributed by atoms with Gasteiger partial charge in [-0.2, -0.15) is 0 Å². The predicted molar refractivity (Wildman–Crippen MR) is 75.6 cm³/mol. The summed E-state index contributed by atoms with van der Waals surface area (Å²) in [6.07, 6.45) is 9.62. The van der Waals surface area contributed by atoms with E-state index in [-0.39, 0.29) is 23.3 Å². The molecule has 4 nitrogen and oxygen atoms in total. The van der Waals surface area contributed by atoms with Gasteiger partial charge in [0.25, 0.3) is 0 Å². The molecule has 2 aliphatic carbocycles. The molecule has 0 spiro atoms. The van der Waals surface area contributed by atoms with Crippen LogP contribution < -0.4 is 11.1 Å². The van der Waals surface area contributed by atoms with Crippen LogP contribution in [0.25, 0.3) is 0 Å². The quantitative estimate of drug-likeness (QED) is 0.640. The topological polar surface area (TPSA) is 75.4 Å². The second-order valence-corrected chi connectivity index (χ2v) is 6.55. The number of rotatable bonds is 6. The third-order valence-electron chi connectivity index (χ3n) is 5.16. The van der Waals surface area contributed by atoms with E-state index in [0.29, 0.717) is 13.1 Å². The Morgan fingerprint density at radius 3 is 2.21 bits per heavy atom. The number of nitrogens with two attached hydrogens (primary N) is 1. The van der Waals surface area contributed by atoms with Crippen LogP contribution in [0.15, 0.2) is 0 Å². The summed E-state index contributed by atoms with van der Waals surface area (Å²) in [5.41, 5.74) is 5.78. The number of carbonyl (C=O) groups is 1. The highest BCUT2D eigenvalue weighted by Gasteiger charge is 2.44. The first-order valence-corrected chi connectivity index (χ1v) is 7.76. The summed E-state index contributed by atoms with van der Waals surface area (Å²) in [4.78, 5) is 12.5. The molecule has 19 heavy (non-hydrogen) atoms. The molecule has 0 radical (unpaired) electrons. The molecule has 0 unspecified atom stereocenters. The van der Waals surface area contributed by atoms with Crippen molar-refractivity contribution in [2.45, 2.75) is 57.8 Å². The molecule has 2 aliphatic rings. The number of hydrogen-bond donors (Lipinski definition) is 3. The van der Waals surface area contributed by atoms with Gasteiger partial charge < -0.3 is 16.2 Å². The average Bonchev–Trinajstić information content (AvgIpc) is 3.20. The minimum atomic E-state index is -0.328. The molecule has 2 rings (SSSR count). The fourth-order valence-corrected chi connectivity index (χ4v) is 3.31. The van der Waals surface area contributed by atoms with E-state index in [9.17, 15) is 4.79 Å². The Hall–Kier alpha value is -0.610. The highest BCUT2D eigenvalue weighted by Crippen LogP contribution is 2.48. The van der Waals surface area contributed by atoms with Crippen LogP contribution in [0.4, 0.5) is 0 Å². The third-order valence-corrected chi connectivity index (χ3v) is 5.16. The summed E-state index contributed by atoms with van der Waals surface area (Å²) in [5.74, 6) is 0.154. The molecule has 0 atom stereocenters. The Balaban J connectivity index is 1.89. The van der Waals surface area contributed by atoms with E-state index >= 15 is 0 Å². The zero-order valence-corrected chi connectivity index (χ0v) is 11.9. The second-order valence-electron chi connectivity index (χ2n) is 6.55. The first kappa shape index (κ1) is 14.8. The normalized spacial score (nSPS) is 24.5. The number of aliphatic hydroxyl groups excluding tert-OH is 1. The smallest absolute Gasteiger partial charge is 0.227 e. The maximum atomic E-state index is 12.5. The minimum Gasteiger partial charge on any atom is -0.396 e. The van der Waals surface area contributed by atoms with E-state index < -0.39 is 0 Å². The number of aliphatic hydroxyl groups is 1. The van der Waals surface area contributed by atoms with Crippen molar-refractivity contribution in [3.8, 4) is 0 Å². The van der Waals surface area contributed by atoms with E-state index in [1.807, 2.05) is 0 Å². The van der Waals surface area contributed by atoms with Gasteiger partial charge in [0.05, 0.1) is 5.41 Å². The average molecular weight is 268 g/mol. The van der Waals surface area contributed by atoms with Crippen LogP contribution >= 0.6 is 0 Å². The molecule has 2 fully saturated rings. The number of nitrogens with one attached hydrogen (secondary N) is 1. The van der Waals surface area contributed by atoms with Gasteiger partial charge in [-0.15, -0.1) is 0 Å². The Morgan fingerprint density at radius 2 is 1.74 bits per heavy atom. The van der Waals surface area contributed by atoms with Gasteiger partial charge in [0.2, 0.25) is 5.91 Å². The summed E-state index contributed by atoms with van der Waals surface area (Å²) in [7, 11) is 0. The first-order chi connectivity index (χ1) is 9.16. The lowest BCUT2D eigenvalue weighted by Gasteiger charge is -2.30. The molecule has 0 aromatic rings. The summed E-state index contributed by atoms with van der Waals surface area (Å²) in [6.45, 7) is 1.40. The Morgan fingerprint density at radius 1 is 1.11 bits per heavy atom. The van der Waals surface area contributed by atoms with Crippen molar-refractivity contribution in [2.24, 2.45) is 16.6 Å². The molecule has 4 heteroatoms. The molecular weight excluding hydrogens is 240 g/mol. The zero-order chi connectivity index (χ0) is 13.8. The number of amides is 1. The van der Waals surface area contributed by atoms with Crippen molar-refractivity contribution < 1.29 is 9.90 Å². The molecule has 2 saturated carbocycles. The van der Waals surface area contributed by atoms with Crippen molar-refractivity contribution in [1.82, 2.24) is 5.32 Å². The van der Waals surface area contributed by atoms with Gasteiger partial charge in [0, 0.05) is 19.7 Å². The largest absolute Gasteiger partial charge is 0.396 e. The van der Waals surface area contributed by atoms with Gasteiger partial charge in [-0.1, -0.05) is 25.7 Å². The predicted octanol–water partition coefficient (Wildman–Crippen LogP) is 1.56. The molecule has 1 amide bonds. The molecule has 110 valence electrons. The van der Waals surface area contributed by atoms with Crippen LogP contribution in [-0.2, 0) is 4.79 Å². The lowest BCUT2D eigenvalue weighted by Crippen LogP contribution is -2.47. The molecule has 0 aliphatic heterocycles. The molecule has 0 heterocycles. The summed E-state index contributed by atoms with van der Waals surface area (Å²) in [6, 6.07) is 0. The van der Waals surface area contributed by atoms with Crippen LogP contribution in [0.2, 0.25) is 0 Å². The molecule has 0 saturated heterocycles. The van der Waals surface area contributed by atoms with Crippen molar-refractivity contribution in [3.05, 3.63) is 0 Å². The van der Waals surface area contributed by atoms with Crippen molar-refractivity contribution >= 4 is 5.91 Å². The summed E-state index contributed by atoms with van der Waals surface area (Å²) < 4.78 is 0. The van der Waals surface area contributed by atoms with Gasteiger partial charge in [0.1, 0.15) is 0 Å². The lowest BCUT2D eigenvalue weighted by molar-refractivity contribution is -0.131. The standard InChI is InChI=1S/C15H28N2O2/c16-11-15(5-3-1-2-4-6-15)13(19)17-12-14(7-8-14)9-10-18/h18H,1-12,16H2,(H,17,19). The van der Waals surface area contributed by atoms with Crippen LogP contribution in [0.1, 0.15) is 57.8 Å². The Bertz CT molecular complexity index is 305. The van der Waals surface area contributed by atoms with Crippen LogP contribution in [-0.4, -0.2) is 30.7 Å². The van der Waals surface area contributed by atoms with Gasteiger partial charge in [-0.05, 0) is 37.5 Å². The number of carbonyl (C=O) groups excluding carboxylic acids is 1. The molecule has 4 N–H and O–H groups in total. The van der Waals surface area contributed by atoms with E-state index in [1.54, 1.807) is 0 Å².